The predicted molar refractivity (Wildman–Crippen MR) is 123 cm³/mol. The molecule has 184 valence electrons. The summed E-state index contributed by atoms with van der Waals surface area (Å²) in [7, 11) is 0. The summed E-state index contributed by atoms with van der Waals surface area (Å²) in [5.41, 5.74) is 6.30. The third kappa shape index (κ3) is 8.72. The first-order chi connectivity index (χ1) is 15.4. The molecule has 0 fully saturated rings. The number of carboxylic acids is 1. The summed E-state index contributed by atoms with van der Waals surface area (Å²) >= 11 is 0. The van der Waals surface area contributed by atoms with Crippen molar-refractivity contribution >= 4 is 23.7 Å². The number of phenols is 1. The van der Waals surface area contributed by atoms with Crippen LogP contribution in [0.3, 0.4) is 0 Å². The first-order valence-corrected chi connectivity index (χ1v) is 11.0. The van der Waals surface area contributed by atoms with Crippen LogP contribution in [0.1, 0.15) is 46.6 Å². The van der Waals surface area contributed by atoms with Crippen LogP contribution in [0.5, 0.6) is 5.75 Å². The molecule has 1 rings (SSSR count). The molecule has 0 spiro atoms. The number of aromatic hydroxyl groups is 1. The van der Waals surface area contributed by atoms with Crippen LogP contribution in [0.4, 0.5) is 0 Å². The zero-order chi connectivity index (χ0) is 25.3. The van der Waals surface area contributed by atoms with E-state index >= 15 is 0 Å². The number of amides is 3. The quantitative estimate of drug-likeness (QED) is 0.262. The van der Waals surface area contributed by atoms with Crippen LogP contribution < -0.4 is 21.7 Å². The molecule has 0 heterocycles. The lowest BCUT2D eigenvalue weighted by Gasteiger charge is -2.28. The third-order valence-electron chi connectivity index (χ3n) is 5.45. The van der Waals surface area contributed by atoms with Gasteiger partial charge in [-0.25, -0.2) is 4.79 Å². The van der Waals surface area contributed by atoms with E-state index in [2.05, 4.69) is 16.0 Å². The molecule has 0 aliphatic carbocycles. The molecule has 0 aliphatic rings. The summed E-state index contributed by atoms with van der Waals surface area (Å²) in [4.78, 5) is 49.7. The molecule has 1 aromatic carbocycles. The number of nitrogens with one attached hydrogen (secondary N) is 3. The number of hydrogen-bond acceptors (Lipinski definition) is 6. The molecule has 5 unspecified atom stereocenters. The summed E-state index contributed by atoms with van der Waals surface area (Å²) in [6.07, 6.45) is 0.648. The molecule has 0 aromatic heterocycles. The molecule has 1 aromatic rings. The van der Waals surface area contributed by atoms with Crippen molar-refractivity contribution in [3.8, 4) is 5.75 Å². The molecular weight excluding hydrogens is 428 g/mol. The molecule has 7 N–H and O–H groups in total. The summed E-state index contributed by atoms with van der Waals surface area (Å²) in [6.45, 7) is 8.47. The Morgan fingerprint density at radius 1 is 0.879 bits per heavy atom. The van der Waals surface area contributed by atoms with E-state index in [0.29, 0.717) is 12.0 Å². The van der Waals surface area contributed by atoms with Crippen molar-refractivity contribution in [2.45, 2.75) is 71.6 Å². The van der Waals surface area contributed by atoms with Crippen molar-refractivity contribution in [3.63, 3.8) is 0 Å². The van der Waals surface area contributed by atoms with Crippen LogP contribution in [0, 0.1) is 11.8 Å². The predicted octanol–water partition coefficient (Wildman–Crippen LogP) is 0.523. The monoisotopic (exact) mass is 464 g/mol. The van der Waals surface area contributed by atoms with Crippen molar-refractivity contribution in [3.05, 3.63) is 29.8 Å². The van der Waals surface area contributed by atoms with Crippen LogP contribution in [0.2, 0.25) is 0 Å². The molecule has 33 heavy (non-hydrogen) atoms. The normalized spacial score (nSPS) is 15.6. The fourth-order valence-electron chi connectivity index (χ4n) is 3.10. The molecule has 0 radical (unpaired) electrons. The van der Waals surface area contributed by atoms with E-state index in [1.807, 2.05) is 6.92 Å². The second-order valence-corrected chi connectivity index (χ2v) is 8.66. The van der Waals surface area contributed by atoms with E-state index in [-0.39, 0.29) is 24.0 Å². The van der Waals surface area contributed by atoms with Gasteiger partial charge in [-0.2, -0.15) is 0 Å². The lowest BCUT2D eigenvalue weighted by molar-refractivity contribution is -0.144. The zero-order valence-electron chi connectivity index (χ0n) is 19.8. The van der Waals surface area contributed by atoms with Crippen molar-refractivity contribution in [2.75, 3.05) is 0 Å². The average molecular weight is 465 g/mol. The standard InChI is InChI=1S/C23H36N4O6/c1-6-13(4)19(23(32)33)27-22(31)18(12(2)3)26-21(30)17(25-20(29)14(5)24)11-15-7-9-16(28)10-8-15/h7-10,12-14,17-19,28H,6,11,24H2,1-5H3,(H,25,29)(H,26,30)(H,27,31)(H,32,33). The second-order valence-electron chi connectivity index (χ2n) is 8.66. The Labute approximate surface area is 194 Å². The van der Waals surface area contributed by atoms with Crippen molar-refractivity contribution < 1.29 is 29.4 Å². The first kappa shape index (κ1) is 27.9. The fraction of sp³-hybridized carbons (Fsp3) is 0.565. The van der Waals surface area contributed by atoms with Gasteiger partial charge in [0.15, 0.2) is 0 Å². The van der Waals surface area contributed by atoms with Gasteiger partial charge in [0.1, 0.15) is 23.9 Å². The van der Waals surface area contributed by atoms with Gasteiger partial charge >= 0.3 is 5.97 Å². The maximum atomic E-state index is 13.1. The molecule has 3 amide bonds. The van der Waals surface area contributed by atoms with E-state index in [0.717, 1.165) is 0 Å². The van der Waals surface area contributed by atoms with Gasteiger partial charge in [0.05, 0.1) is 6.04 Å². The molecule has 5 atom stereocenters. The van der Waals surface area contributed by atoms with E-state index in [1.165, 1.54) is 19.1 Å². The minimum absolute atomic E-state index is 0.0604. The van der Waals surface area contributed by atoms with E-state index in [4.69, 9.17) is 5.73 Å². The summed E-state index contributed by atoms with van der Waals surface area (Å²) in [5.74, 6) is -3.51. The van der Waals surface area contributed by atoms with Gasteiger partial charge in [0.2, 0.25) is 17.7 Å². The Balaban J connectivity index is 3.07. The smallest absolute Gasteiger partial charge is 0.326 e. The highest BCUT2D eigenvalue weighted by Gasteiger charge is 2.33. The lowest BCUT2D eigenvalue weighted by atomic mass is 9.97. The Morgan fingerprint density at radius 2 is 1.42 bits per heavy atom. The molecular formula is C23H36N4O6. The number of hydrogen-bond donors (Lipinski definition) is 6. The van der Waals surface area contributed by atoms with Crippen molar-refractivity contribution in [1.29, 1.82) is 0 Å². The van der Waals surface area contributed by atoms with Gasteiger partial charge in [-0.1, -0.05) is 46.2 Å². The maximum absolute atomic E-state index is 13.1. The van der Waals surface area contributed by atoms with Crippen LogP contribution in [0.15, 0.2) is 24.3 Å². The van der Waals surface area contributed by atoms with Gasteiger partial charge < -0.3 is 31.9 Å². The number of rotatable bonds is 12. The van der Waals surface area contributed by atoms with Crippen LogP contribution in [-0.2, 0) is 25.6 Å². The summed E-state index contributed by atoms with van der Waals surface area (Å²) < 4.78 is 0. The van der Waals surface area contributed by atoms with Crippen molar-refractivity contribution in [1.82, 2.24) is 16.0 Å². The maximum Gasteiger partial charge on any atom is 0.326 e. The molecule has 0 saturated heterocycles. The number of aliphatic carboxylic acids is 1. The SMILES string of the molecule is CCC(C)C(NC(=O)C(NC(=O)C(Cc1ccc(O)cc1)NC(=O)C(C)N)C(C)C)C(=O)O. The third-order valence-corrected chi connectivity index (χ3v) is 5.45. The van der Waals surface area contributed by atoms with Crippen LogP contribution in [0.25, 0.3) is 0 Å². The lowest BCUT2D eigenvalue weighted by Crippen LogP contribution is -2.59. The number of phenolic OH excluding ortho intramolecular Hbond substituents is 1. The van der Waals surface area contributed by atoms with Crippen LogP contribution >= 0.6 is 0 Å². The topological polar surface area (TPSA) is 171 Å². The Kier molecular flexibility index (Phi) is 10.8. The van der Waals surface area contributed by atoms with Crippen LogP contribution in [-0.4, -0.2) is 58.1 Å². The molecule has 0 bridgehead atoms. The van der Waals surface area contributed by atoms with Gasteiger partial charge in [-0.05, 0) is 36.5 Å². The summed E-state index contributed by atoms with van der Waals surface area (Å²) in [6, 6.07) is 2.16. The average Bonchev–Trinajstić information content (AvgIpc) is 2.75. The summed E-state index contributed by atoms with van der Waals surface area (Å²) in [5, 5.41) is 26.7. The molecule has 0 aliphatic heterocycles. The van der Waals surface area contributed by atoms with Gasteiger partial charge in [-0.15, -0.1) is 0 Å². The Hall–Kier alpha value is -3.14. The van der Waals surface area contributed by atoms with E-state index in [1.54, 1.807) is 32.9 Å². The van der Waals surface area contributed by atoms with Crippen molar-refractivity contribution in [2.24, 2.45) is 17.6 Å². The number of carbonyl (C=O) groups excluding carboxylic acids is 3. The minimum Gasteiger partial charge on any atom is -0.508 e. The Morgan fingerprint density at radius 3 is 1.88 bits per heavy atom. The van der Waals surface area contributed by atoms with Gasteiger partial charge in [0.25, 0.3) is 0 Å². The number of nitrogens with two attached hydrogens (primary N) is 1. The number of benzene rings is 1. The molecule has 0 saturated carbocycles. The second kappa shape index (κ2) is 12.8. The Bertz CT molecular complexity index is 825. The van der Waals surface area contributed by atoms with Gasteiger partial charge in [-0.3, -0.25) is 14.4 Å². The largest absolute Gasteiger partial charge is 0.508 e. The minimum atomic E-state index is -1.15. The van der Waals surface area contributed by atoms with Gasteiger partial charge in [0, 0.05) is 6.42 Å². The number of carboxylic acid groups (broad SMARTS) is 1. The zero-order valence-corrected chi connectivity index (χ0v) is 19.8. The molecule has 10 heteroatoms. The van der Waals surface area contributed by atoms with E-state index < -0.39 is 47.9 Å². The fourth-order valence-corrected chi connectivity index (χ4v) is 3.10. The highest BCUT2D eigenvalue weighted by molar-refractivity contribution is 5.94. The molecule has 10 nitrogen and oxygen atoms in total. The first-order valence-electron chi connectivity index (χ1n) is 11.0. The van der Waals surface area contributed by atoms with E-state index in [9.17, 15) is 29.4 Å². The number of carbonyl (C=O) groups is 4. The highest BCUT2D eigenvalue weighted by atomic mass is 16.4. The highest BCUT2D eigenvalue weighted by Crippen LogP contribution is 2.13.